The number of hydrogen-bond donors (Lipinski definition) is 0. The summed E-state index contributed by atoms with van der Waals surface area (Å²) >= 11 is 0. The molecule has 1 heterocycles. The van der Waals surface area contributed by atoms with E-state index in [1.165, 1.54) is 6.92 Å². The first-order chi connectivity index (χ1) is 5.72. The number of nitrogens with zero attached hydrogens (tertiary/aromatic N) is 1. The van der Waals surface area contributed by atoms with Crippen LogP contribution in [0.1, 0.15) is 34.1 Å². The molecule has 0 spiro atoms. The van der Waals surface area contributed by atoms with Gasteiger partial charge >= 0.3 is 0 Å². The SMILES string of the molecule is CC(=O)N1CC(F)(CC(C)(C)C)C1. The highest BCUT2D eigenvalue weighted by Gasteiger charge is 2.46. The normalized spacial score (nSPS) is 21.2. The van der Waals surface area contributed by atoms with Crippen LogP contribution in [0.25, 0.3) is 0 Å². The Hall–Kier alpha value is -0.600. The molecular formula is C10H18FNO. The van der Waals surface area contributed by atoms with Crippen molar-refractivity contribution in [1.29, 1.82) is 0 Å². The molecule has 2 nitrogen and oxygen atoms in total. The van der Waals surface area contributed by atoms with Crippen LogP contribution in [0.2, 0.25) is 0 Å². The van der Waals surface area contributed by atoms with Crippen molar-refractivity contribution >= 4 is 5.91 Å². The molecule has 1 amide bonds. The molecule has 0 N–H and O–H groups in total. The Kier molecular flexibility index (Phi) is 2.39. The van der Waals surface area contributed by atoms with Gasteiger partial charge in [0.05, 0.1) is 13.1 Å². The summed E-state index contributed by atoms with van der Waals surface area (Å²) < 4.78 is 13.8. The summed E-state index contributed by atoms with van der Waals surface area (Å²) in [5, 5.41) is 0. The lowest BCUT2D eigenvalue weighted by molar-refractivity contribution is -0.145. The van der Waals surface area contributed by atoms with Gasteiger partial charge < -0.3 is 4.90 Å². The van der Waals surface area contributed by atoms with Crippen molar-refractivity contribution in [2.75, 3.05) is 13.1 Å². The first-order valence-electron chi connectivity index (χ1n) is 4.66. The average Bonchev–Trinajstić information content (AvgIpc) is 1.77. The number of likely N-dealkylation sites (tertiary alicyclic amines) is 1. The number of alkyl halides is 1. The van der Waals surface area contributed by atoms with Crippen LogP contribution in [-0.2, 0) is 4.79 Å². The van der Waals surface area contributed by atoms with Gasteiger partial charge in [0.2, 0.25) is 5.91 Å². The lowest BCUT2D eigenvalue weighted by Gasteiger charge is -2.46. The summed E-state index contributed by atoms with van der Waals surface area (Å²) in [6.07, 6.45) is 0.532. The zero-order valence-corrected chi connectivity index (χ0v) is 8.85. The molecular weight excluding hydrogens is 169 g/mol. The van der Waals surface area contributed by atoms with E-state index in [-0.39, 0.29) is 24.4 Å². The monoisotopic (exact) mass is 187 g/mol. The first-order valence-corrected chi connectivity index (χ1v) is 4.66. The fourth-order valence-electron chi connectivity index (χ4n) is 1.92. The van der Waals surface area contributed by atoms with Crippen molar-refractivity contribution in [1.82, 2.24) is 4.90 Å². The van der Waals surface area contributed by atoms with Gasteiger partial charge in [-0.15, -0.1) is 0 Å². The molecule has 1 rings (SSSR count). The molecule has 0 aromatic carbocycles. The third-order valence-electron chi connectivity index (χ3n) is 2.24. The topological polar surface area (TPSA) is 20.3 Å². The fourth-order valence-corrected chi connectivity index (χ4v) is 1.92. The predicted molar refractivity (Wildman–Crippen MR) is 50.2 cm³/mol. The van der Waals surface area contributed by atoms with E-state index >= 15 is 0 Å². The van der Waals surface area contributed by atoms with E-state index in [1.54, 1.807) is 4.90 Å². The van der Waals surface area contributed by atoms with Crippen LogP contribution in [0.3, 0.4) is 0 Å². The zero-order valence-electron chi connectivity index (χ0n) is 8.85. The maximum atomic E-state index is 13.8. The van der Waals surface area contributed by atoms with Gasteiger partial charge in [0.25, 0.3) is 0 Å². The molecule has 1 fully saturated rings. The maximum absolute atomic E-state index is 13.8. The molecule has 13 heavy (non-hydrogen) atoms. The van der Waals surface area contributed by atoms with Crippen molar-refractivity contribution in [3.8, 4) is 0 Å². The quantitative estimate of drug-likeness (QED) is 0.614. The Labute approximate surface area is 79.1 Å². The van der Waals surface area contributed by atoms with Gasteiger partial charge in [0, 0.05) is 6.92 Å². The molecule has 1 aliphatic heterocycles. The van der Waals surface area contributed by atoms with Crippen molar-refractivity contribution in [3.05, 3.63) is 0 Å². The second-order valence-corrected chi connectivity index (χ2v) is 5.26. The number of hydrogen-bond acceptors (Lipinski definition) is 1. The van der Waals surface area contributed by atoms with Crippen LogP contribution in [0.4, 0.5) is 4.39 Å². The molecule has 0 radical (unpaired) electrons. The van der Waals surface area contributed by atoms with E-state index in [2.05, 4.69) is 0 Å². The van der Waals surface area contributed by atoms with E-state index in [0.29, 0.717) is 6.42 Å². The molecule has 1 aliphatic rings. The number of rotatable bonds is 1. The minimum absolute atomic E-state index is 0.00235. The summed E-state index contributed by atoms with van der Waals surface area (Å²) in [4.78, 5) is 12.4. The molecule has 0 aromatic rings. The van der Waals surface area contributed by atoms with Gasteiger partial charge in [0.15, 0.2) is 0 Å². The Balaban J connectivity index is 2.43. The van der Waals surface area contributed by atoms with Gasteiger partial charge in [-0.2, -0.15) is 0 Å². The molecule has 3 heteroatoms. The molecule has 0 unspecified atom stereocenters. The lowest BCUT2D eigenvalue weighted by atomic mass is 9.79. The Morgan fingerprint density at radius 3 is 2.23 bits per heavy atom. The van der Waals surface area contributed by atoms with E-state index < -0.39 is 5.67 Å². The lowest BCUT2D eigenvalue weighted by Crippen LogP contribution is -2.61. The van der Waals surface area contributed by atoms with E-state index in [0.717, 1.165) is 0 Å². The fraction of sp³-hybridized carbons (Fsp3) is 0.900. The van der Waals surface area contributed by atoms with E-state index in [1.807, 2.05) is 20.8 Å². The smallest absolute Gasteiger partial charge is 0.219 e. The standard InChI is InChI=1S/C10H18FNO/c1-8(13)12-6-10(11,7-12)5-9(2,3)4/h5-7H2,1-4H3. The van der Waals surface area contributed by atoms with Gasteiger partial charge in [-0.25, -0.2) is 4.39 Å². The number of carbonyl (C=O) groups is 1. The van der Waals surface area contributed by atoms with Crippen LogP contribution in [0, 0.1) is 5.41 Å². The first kappa shape index (κ1) is 10.5. The van der Waals surface area contributed by atoms with Crippen LogP contribution in [0.15, 0.2) is 0 Å². The van der Waals surface area contributed by atoms with Crippen molar-refractivity contribution < 1.29 is 9.18 Å². The van der Waals surface area contributed by atoms with Gasteiger partial charge in [-0.05, 0) is 11.8 Å². The number of halogens is 1. The second-order valence-electron chi connectivity index (χ2n) is 5.26. The predicted octanol–water partition coefficient (Wildman–Crippen LogP) is 1.99. The third kappa shape index (κ3) is 2.68. The highest BCUT2D eigenvalue weighted by atomic mass is 19.1. The minimum atomic E-state index is -1.13. The van der Waals surface area contributed by atoms with Gasteiger partial charge in [-0.1, -0.05) is 20.8 Å². The van der Waals surface area contributed by atoms with Crippen molar-refractivity contribution in [3.63, 3.8) is 0 Å². The second kappa shape index (κ2) is 2.96. The third-order valence-corrected chi connectivity index (χ3v) is 2.24. The summed E-state index contributed by atoms with van der Waals surface area (Å²) in [5.41, 5.74) is -1.14. The number of carbonyl (C=O) groups excluding carboxylic acids is 1. The van der Waals surface area contributed by atoms with Crippen LogP contribution in [-0.4, -0.2) is 29.6 Å². The summed E-state index contributed by atoms with van der Waals surface area (Å²) in [6.45, 7) is 8.09. The number of amides is 1. The van der Waals surface area contributed by atoms with Crippen molar-refractivity contribution in [2.45, 2.75) is 39.8 Å². The molecule has 1 saturated heterocycles. The van der Waals surface area contributed by atoms with Crippen LogP contribution < -0.4 is 0 Å². The molecule has 0 bridgehead atoms. The Bertz CT molecular complexity index is 213. The molecule has 0 atom stereocenters. The molecule has 0 aromatic heterocycles. The Morgan fingerprint density at radius 1 is 1.46 bits per heavy atom. The summed E-state index contributed by atoms with van der Waals surface area (Å²) in [7, 11) is 0. The Morgan fingerprint density at radius 2 is 1.92 bits per heavy atom. The maximum Gasteiger partial charge on any atom is 0.219 e. The van der Waals surface area contributed by atoms with Crippen molar-refractivity contribution in [2.24, 2.45) is 5.41 Å². The van der Waals surface area contributed by atoms with Gasteiger partial charge in [-0.3, -0.25) is 4.79 Å². The average molecular weight is 187 g/mol. The van der Waals surface area contributed by atoms with Crippen LogP contribution in [0.5, 0.6) is 0 Å². The van der Waals surface area contributed by atoms with Gasteiger partial charge in [0.1, 0.15) is 5.67 Å². The highest BCUT2D eigenvalue weighted by Crippen LogP contribution is 2.36. The largest absolute Gasteiger partial charge is 0.336 e. The molecule has 76 valence electrons. The summed E-state index contributed by atoms with van der Waals surface area (Å²) in [6, 6.07) is 0. The summed E-state index contributed by atoms with van der Waals surface area (Å²) in [5.74, 6) is -0.0258. The molecule has 0 aliphatic carbocycles. The van der Waals surface area contributed by atoms with E-state index in [9.17, 15) is 9.18 Å². The minimum Gasteiger partial charge on any atom is -0.336 e. The van der Waals surface area contributed by atoms with E-state index in [4.69, 9.17) is 0 Å². The van der Waals surface area contributed by atoms with Crippen LogP contribution >= 0.6 is 0 Å². The zero-order chi connectivity index (χ0) is 10.3. The highest BCUT2D eigenvalue weighted by molar-refractivity contribution is 5.74. The molecule has 0 saturated carbocycles.